The van der Waals surface area contributed by atoms with E-state index in [9.17, 15) is 5.11 Å². The molecule has 3 rings (SSSR count). The molecule has 0 saturated carbocycles. The molecule has 0 aliphatic carbocycles. The standard InChI is InChI=1S/C13H9NO2/c15-10-7-4-8-11-12(10)13(14-16-11)9-5-2-1-3-6-9/h1-8,15H. The van der Waals surface area contributed by atoms with Gasteiger partial charge in [0.25, 0.3) is 0 Å². The van der Waals surface area contributed by atoms with E-state index in [1.807, 2.05) is 30.3 Å². The van der Waals surface area contributed by atoms with E-state index in [0.29, 0.717) is 16.7 Å². The zero-order valence-electron chi connectivity index (χ0n) is 8.42. The van der Waals surface area contributed by atoms with Crippen LogP contribution in [0.1, 0.15) is 0 Å². The first kappa shape index (κ1) is 8.97. The van der Waals surface area contributed by atoms with Crippen LogP contribution in [0.5, 0.6) is 5.75 Å². The van der Waals surface area contributed by atoms with Gasteiger partial charge in [-0.1, -0.05) is 41.6 Å². The smallest absolute Gasteiger partial charge is 0.171 e. The molecule has 0 fully saturated rings. The molecule has 1 N–H and O–H groups in total. The van der Waals surface area contributed by atoms with Gasteiger partial charge in [-0.3, -0.25) is 0 Å². The first-order chi connectivity index (χ1) is 7.86. The van der Waals surface area contributed by atoms with Gasteiger partial charge in [-0.25, -0.2) is 0 Å². The Morgan fingerprint density at radius 3 is 2.56 bits per heavy atom. The lowest BCUT2D eigenvalue weighted by molar-refractivity contribution is 0.458. The van der Waals surface area contributed by atoms with Crippen LogP contribution < -0.4 is 0 Å². The van der Waals surface area contributed by atoms with Crippen LogP contribution in [0.2, 0.25) is 0 Å². The fourth-order valence-corrected chi connectivity index (χ4v) is 1.77. The van der Waals surface area contributed by atoms with E-state index < -0.39 is 0 Å². The molecule has 3 nitrogen and oxygen atoms in total. The number of phenols is 1. The fourth-order valence-electron chi connectivity index (χ4n) is 1.77. The van der Waals surface area contributed by atoms with Gasteiger partial charge in [-0.15, -0.1) is 0 Å². The van der Waals surface area contributed by atoms with Crippen molar-refractivity contribution in [1.82, 2.24) is 5.16 Å². The van der Waals surface area contributed by atoms with Crippen LogP contribution in [0.4, 0.5) is 0 Å². The highest BCUT2D eigenvalue weighted by Crippen LogP contribution is 2.33. The van der Waals surface area contributed by atoms with E-state index in [4.69, 9.17) is 4.52 Å². The van der Waals surface area contributed by atoms with Crippen molar-refractivity contribution in [1.29, 1.82) is 0 Å². The zero-order chi connectivity index (χ0) is 11.0. The van der Waals surface area contributed by atoms with Crippen molar-refractivity contribution < 1.29 is 9.63 Å². The summed E-state index contributed by atoms with van der Waals surface area (Å²) < 4.78 is 5.17. The fraction of sp³-hybridized carbons (Fsp3) is 0. The molecule has 0 saturated heterocycles. The van der Waals surface area contributed by atoms with Gasteiger partial charge in [-0.05, 0) is 12.1 Å². The van der Waals surface area contributed by atoms with Crippen LogP contribution >= 0.6 is 0 Å². The summed E-state index contributed by atoms with van der Waals surface area (Å²) >= 11 is 0. The number of aromatic hydroxyl groups is 1. The van der Waals surface area contributed by atoms with E-state index in [1.165, 1.54) is 0 Å². The Labute approximate surface area is 91.9 Å². The molecule has 1 heterocycles. The van der Waals surface area contributed by atoms with Gasteiger partial charge in [0.2, 0.25) is 0 Å². The first-order valence-electron chi connectivity index (χ1n) is 4.99. The molecule has 3 aromatic rings. The summed E-state index contributed by atoms with van der Waals surface area (Å²) in [6, 6.07) is 14.8. The lowest BCUT2D eigenvalue weighted by atomic mass is 10.1. The largest absolute Gasteiger partial charge is 0.507 e. The van der Waals surface area contributed by atoms with E-state index in [-0.39, 0.29) is 5.75 Å². The van der Waals surface area contributed by atoms with Crippen LogP contribution in [0.25, 0.3) is 22.2 Å². The third-order valence-electron chi connectivity index (χ3n) is 2.52. The lowest BCUT2D eigenvalue weighted by Crippen LogP contribution is -1.77. The maximum Gasteiger partial charge on any atom is 0.171 e. The minimum atomic E-state index is 0.192. The highest BCUT2D eigenvalue weighted by Gasteiger charge is 2.12. The molecule has 78 valence electrons. The van der Waals surface area contributed by atoms with E-state index in [1.54, 1.807) is 18.2 Å². The lowest BCUT2D eigenvalue weighted by Gasteiger charge is -1.97. The maximum atomic E-state index is 9.80. The maximum absolute atomic E-state index is 9.80. The van der Waals surface area contributed by atoms with Crippen LogP contribution in [0, 0.1) is 0 Å². The number of aromatic nitrogens is 1. The number of rotatable bonds is 1. The number of fused-ring (bicyclic) bond motifs is 1. The third-order valence-corrected chi connectivity index (χ3v) is 2.52. The predicted octanol–water partition coefficient (Wildman–Crippen LogP) is 3.20. The minimum absolute atomic E-state index is 0.192. The number of benzene rings is 2. The molecule has 0 radical (unpaired) electrons. The molecule has 0 bridgehead atoms. The topological polar surface area (TPSA) is 46.3 Å². The van der Waals surface area contributed by atoms with Crippen LogP contribution in [0.3, 0.4) is 0 Å². The molecule has 0 spiro atoms. The number of nitrogens with zero attached hydrogens (tertiary/aromatic N) is 1. The van der Waals surface area contributed by atoms with Crippen LogP contribution in [0.15, 0.2) is 53.1 Å². The predicted molar refractivity (Wildman–Crippen MR) is 61.1 cm³/mol. The molecular weight excluding hydrogens is 202 g/mol. The van der Waals surface area contributed by atoms with Crippen molar-refractivity contribution in [2.24, 2.45) is 0 Å². The van der Waals surface area contributed by atoms with Crippen molar-refractivity contribution in [3.63, 3.8) is 0 Å². The Morgan fingerprint density at radius 2 is 1.75 bits per heavy atom. The van der Waals surface area contributed by atoms with Gasteiger partial charge in [0.1, 0.15) is 11.4 Å². The Balaban J connectivity index is 2.33. The van der Waals surface area contributed by atoms with Gasteiger partial charge in [0.05, 0.1) is 5.39 Å². The monoisotopic (exact) mass is 211 g/mol. The van der Waals surface area contributed by atoms with Crippen molar-refractivity contribution in [3.8, 4) is 17.0 Å². The van der Waals surface area contributed by atoms with Crippen LogP contribution in [-0.2, 0) is 0 Å². The quantitative estimate of drug-likeness (QED) is 0.672. The molecule has 0 amide bonds. The third kappa shape index (κ3) is 1.26. The van der Waals surface area contributed by atoms with Crippen molar-refractivity contribution >= 4 is 11.0 Å². The molecule has 0 aliphatic rings. The number of hydrogen-bond acceptors (Lipinski definition) is 3. The number of phenolic OH excluding ortho intramolecular Hbond substituents is 1. The van der Waals surface area contributed by atoms with E-state index in [2.05, 4.69) is 5.16 Å². The Bertz CT molecular complexity index is 629. The first-order valence-corrected chi connectivity index (χ1v) is 4.99. The second kappa shape index (κ2) is 3.38. The normalized spacial score (nSPS) is 10.8. The molecule has 3 heteroatoms. The zero-order valence-corrected chi connectivity index (χ0v) is 8.42. The van der Waals surface area contributed by atoms with E-state index in [0.717, 1.165) is 5.56 Å². The highest BCUT2D eigenvalue weighted by molar-refractivity contribution is 5.95. The van der Waals surface area contributed by atoms with Gasteiger partial charge in [0, 0.05) is 5.56 Å². The molecular formula is C13H9NO2. The second-order valence-corrected chi connectivity index (χ2v) is 3.55. The van der Waals surface area contributed by atoms with Gasteiger partial charge < -0.3 is 9.63 Å². The Morgan fingerprint density at radius 1 is 0.938 bits per heavy atom. The van der Waals surface area contributed by atoms with Gasteiger partial charge in [-0.2, -0.15) is 0 Å². The number of hydrogen-bond donors (Lipinski definition) is 1. The summed E-state index contributed by atoms with van der Waals surface area (Å²) in [4.78, 5) is 0. The SMILES string of the molecule is Oc1cccc2onc(-c3ccccc3)c12. The van der Waals surface area contributed by atoms with Crippen LogP contribution in [-0.4, -0.2) is 10.3 Å². The highest BCUT2D eigenvalue weighted by atomic mass is 16.5. The Kier molecular flexibility index (Phi) is 1.90. The Hall–Kier alpha value is -2.29. The molecule has 0 unspecified atom stereocenters. The molecule has 16 heavy (non-hydrogen) atoms. The van der Waals surface area contributed by atoms with Crippen molar-refractivity contribution in [2.45, 2.75) is 0 Å². The van der Waals surface area contributed by atoms with Gasteiger partial charge in [0.15, 0.2) is 5.58 Å². The summed E-state index contributed by atoms with van der Waals surface area (Å²) in [5.41, 5.74) is 2.20. The molecule has 1 aromatic heterocycles. The molecule has 2 aromatic carbocycles. The summed E-state index contributed by atoms with van der Waals surface area (Å²) in [6.45, 7) is 0. The minimum Gasteiger partial charge on any atom is -0.507 e. The van der Waals surface area contributed by atoms with Gasteiger partial charge >= 0.3 is 0 Å². The molecule has 0 aliphatic heterocycles. The molecule has 0 atom stereocenters. The summed E-state index contributed by atoms with van der Waals surface area (Å²) in [5.74, 6) is 0.192. The second-order valence-electron chi connectivity index (χ2n) is 3.55. The summed E-state index contributed by atoms with van der Waals surface area (Å²) in [5, 5.41) is 14.5. The average molecular weight is 211 g/mol. The van der Waals surface area contributed by atoms with E-state index >= 15 is 0 Å². The van der Waals surface area contributed by atoms with Crippen molar-refractivity contribution in [3.05, 3.63) is 48.5 Å². The summed E-state index contributed by atoms with van der Waals surface area (Å²) in [7, 11) is 0. The van der Waals surface area contributed by atoms with Crippen molar-refractivity contribution in [2.75, 3.05) is 0 Å². The average Bonchev–Trinajstić information content (AvgIpc) is 2.75. The summed E-state index contributed by atoms with van der Waals surface area (Å²) in [6.07, 6.45) is 0.